The second-order valence-corrected chi connectivity index (χ2v) is 10.1. The molecule has 33 heavy (non-hydrogen) atoms. The molecule has 1 atom stereocenters. The Labute approximate surface area is 198 Å². The van der Waals surface area contributed by atoms with Gasteiger partial charge in [0.2, 0.25) is 0 Å². The molecule has 1 spiro atoms. The molecule has 0 aliphatic carbocycles. The van der Waals surface area contributed by atoms with E-state index >= 15 is 0 Å². The quantitative estimate of drug-likeness (QED) is 0.678. The van der Waals surface area contributed by atoms with Gasteiger partial charge >= 0.3 is 6.03 Å². The van der Waals surface area contributed by atoms with Crippen molar-refractivity contribution in [1.29, 1.82) is 0 Å². The van der Waals surface area contributed by atoms with Gasteiger partial charge < -0.3 is 19.7 Å². The third-order valence-electron chi connectivity index (χ3n) is 7.20. The van der Waals surface area contributed by atoms with Crippen LogP contribution in [0.2, 0.25) is 0 Å². The Morgan fingerprint density at radius 2 is 1.85 bits per heavy atom. The van der Waals surface area contributed by atoms with Gasteiger partial charge in [0, 0.05) is 24.5 Å². The van der Waals surface area contributed by atoms with Crippen LogP contribution in [0, 0.1) is 0 Å². The van der Waals surface area contributed by atoms with Crippen LogP contribution in [0.25, 0.3) is 0 Å². The fourth-order valence-electron chi connectivity index (χ4n) is 5.26. The van der Waals surface area contributed by atoms with Crippen LogP contribution >= 0.6 is 11.3 Å². The summed E-state index contributed by atoms with van der Waals surface area (Å²) in [5.74, 6) is 1.30. The minimum atomic E-state index is -0.758. The van der Waals surface area contributed by atoms with Gasteiger partial charge in [-0.2, -0.15) is 0 Å². The van der Waals surface area contributed by atoms with Crippen LogP contribution in [0.15, 0.2) is 29.6 Å². The fraction of sp³-hybridized carbons (Fsp3) is 0.500. The first-order valence-electron chi connectivity index (χ1n) is 11.3. The summed E-state index contributed by atoms with van der Waals surface area (Å²) < 4.78 is 11.1. The Bertz CT molecular complexity index is 1050. The predicted molar refractivity (Wildman–Crippen MR) is 126 cm³/mol. The van der Waals surface area contributed by atoms with E-state index in [2.05, 4.69) is 26.6 Å². The number of rotatable bonds is 5. The van der Waals surface area contributed by atoms with Gasteiger partial charge in [-0.1, -0.05) is 6.07 Å². The molecule has 2 fully saturated rings. The third-order valence-corrected chi connectivity index (χ3v) is 8.12. The number of nitrogens with zero attached hydrogens (tertiary/aromatic N) is 3. The number of amides is 3. The highest BCUT2D eigenvalue weighted by atomic mass is 32.1. The number of thiophene rings is 1. The maximum absolute atomic E-state index is 13.5. The number of benzene rings is 1. The summed E-state index contributed by atoms with van der Waals surface area (Å²) in [6.45, 7) is 2.60. The molecule has 0 radical (unpaired) electrons. The van der Waals surface area contributed by atoms with Gasteiger partial charge in [0.25, 0.3) is 5.91 Å². The van der Waals surface area contributed by atoms with Crippen LogP contribution in [0.3, 0.4) is 0 Å². The van der Waals surface area contributed by atoms with Crippen molar-refractivity contribution in [2.45, 2.75) is 30.8 Å². The van der Waals surface area contributed by atoms with Crippen molar-refractivity contribution >= 4 is 23.3 Å². The number of nitrogens with one attached hydrogen (secondary N) is 1. The lowest BCUT2D eigenvalue weighted by Gasteiger charge is -2.39. The van der Waals surface area contributed by atoms with Crippen molar-refractivity contribution in [2.75, 3.05) is 47.6 Å². The summed E-state index contributed by atoms with van der Waals surface area (Å²) in [5, 5.41) is 5.09. The molecule has 1 aromatic carbocycles. The first-order valence-corrected chi connectivity index (χ1v) is 12.2. The smallest absolute Gasteiger partial charge is 0.326 e. The Balaban J connectivity index is 1.46. The molecule has 0 saturated carbocycles. The van der Waals surface area contributed by atoms with Gasteiger partial charge in [0.1, 0.15) is 5.54 Å². The van der Waals surface area contributed by atoms with Crippen molar-refractivity contribution in [2.24, 2.45) is 0 Å². The molecule has 4 heterocycles. The number of carbonyl (C=O) groups is 2. The average Bonchev–Trinajstić information content (AvgIpc) is 3.43. The molecule has 9 heteroatoms. The van der Waals surface area contributed by atoms with E-state index < -0.39 is 5.54 Å². The number of hydrogen-bond acceptors (Lipinski definition) is 7. The van der Waals surface area contributed by atoms with Crippen LogP contribution in [0.5, 0.6) is 11.5 Å². The minimum Gasteiger partial charge on any atom is -0.493 e. The summed E-state index contributed by atoms with van der Waals surface area (Å²) >= 11 is 1.68. The zero-order chi connectivity index (χ0) is 23.2. The molecule has 0 unspecified atom stereocenters. The molecule has 1 aromatic heterocycles. The zero-order valence-electron chi connectivity index (χ0n) is 19.3. The molecule has 8 nitrogen and oxygen atoms in total. The zero-order valence-corrected chi connectivity index (χ0v) is 20.1. The van der Waals surface area contributed by atoms with Gasteiger partial charge in [0.15, 0.2) is 11.5 Å². The lowest BCUT2D eigenvalue weighted by molar-refractivity contribution is -0.134. The molecule has 3 aliphatic rings. The maximum Gasteiger partial charge on any atom is 0.326 e. The topological polar surface area (TPSA) is 74.4 Å². The molecule has 1 N–H and O–H groups in total. The van der Waals surface area contributed by atoms with E-state index in [0.717, 1.165) is 31.6 Å². The lowest BCUT2D eigenvalue weighted by atomic mass is 9.87. The van der Waals surface area contributed by atoms with Crippen molar-refractivity contribution in [1.82, 2.24) is 20.0 Å². The second kappa shape index (κ2) is 8.62. The molecule has 2 saturated heterocycles. The number of hydrogen-bond donors (Lipinski definition) is 1. The number of urea groups is 1. The number of imide groups is 1. The molecule has 2 aromatic rings. The summed E-state index contributed by atoms with van der Waals surface area (Å²) in [5.41, 5.74) is 1.57. The number of likely N-dealkylation sites (tertiary alicyclic amines) is 1. The summed E-state index contributed by atoms with van der Waals surface area (Å²) in [6, 6.07) is 7.88. The number of carbonyl (C=O) groups excluding carboxylic acids is 2. The largest absolute Gasteiger partial charge is 0.493 e. The van der Waals surface area contributed by atoms with Crippen LogP contribution in [0.1, 0.15) is 34.9 Å². The van der Waals surface area contributed by atoms with E-state index in [4.69, 9.17) is 9.47 Å². The Kier molecular flexibility index (Phi) is 5.80. The Morgan fingerprint density at radius 1 is 1.12 bits per heavy atom. The van der Waals surface area contributed by atoms with E-state index in [1.807, 2.05) is 25.2 Å². The lowest BCUT2D eigenvalue weighted by Crippen LogP contribution is -2.54. The molecular formula is C24H30N4O4S. The second-order valence-electron chi connectivity index (χ2n) is 9.08. The Morgan fingerprint density at radius 3 is 2.52 bits per heavy atom. The SMILES string of the molecule is COc1cc2c(cc1OC)[C@H](c1cccs1)N(CN1C(=O)NC3(CCN(C)CC3)C1=O)CC2. The fourth-order valence-corrected chi connectivity index (χ4v) is 6.13. The van der Waals surface area contributed by atoms with Crippen molar-refractivity contribution in [3.05, 3.63) is 45.6 Å². The van der Waals surface area contributed by atoms with E-state index in [1.54, 1.807) is 25.6 Å². The molecule has 0 bridgehead atoms. The predicted octanol–water partition coefficient (Wildman–Crippen LogP) is 2.69. The first kappa shape index (κ1) is 22.2. The maximum atomic E-state index is 13.5. The highest BCUT2D eigenvalue weighted by Crippen LogP contribution is 2.42. The summed E-state index contributed by atoms with van der Waals surface area (Å²) in [7, 11) is 5.33. The highest BCUT2D eigenvalue weighted by molar-refractivity contribution is 7.10. The van der Waals surface area contributed by atoms with Crippen LogP contribution in [-0.2, 0) is 11.2 Å². The van der Waals surface area contributed by atoms with Crippen LogP contribution < -0.4 is 14.8 Å². The molecule has 3 aliphatic heterocycles. The van der Waals surface area contributed by atoms with E-state index in [9.17, 15) is 9.59 Å². The highest BCUT2D eigenvalue weighted by Gasteiger charge is 2.52. The average molecular weight is 471 g/mol. The van der Waals surface area contributed by atoms with E-state index in [1.165, 1.54) is 15.3 Å². The monoisotopic (exact) mass is 470 g/mol. The van der Waals surface area contributed by atoms with Gasteiger partial charge in [-0.3, -0.25) is 9.69 Å². The van der Waals surface area contributed by atoms with Crippen molar-refractivity contribution in [3.63, 3.8) is 0 Å². The molecule has 3 amide bonds. The summed E-state index contributed by atoms with van der Waals surface area (Å²) in [6.07, 6.45) is 2.11. The van der Waals surface area contributed by atoms with Gasteiger partial charge in [0.05, 0.1) is 26.9 Å². The molecular weight excluding hydrogens is 440 g/mol. The number of methoxy groups -OCH3 is 2. The van der Waals surface area contributed by atoms with Gasteiger partial charge in [-0.15, -0.1) is 11.3 Å². The summed E-state index contributed by atoms with van der Waals surface area (Å²) in [4.78, 5) is 33.4. The Hall–Kier alpha value is -2.62. The first-order chi connectivity index (χ1) is 16.0. The standard InChI is InChI=1S/C24H30N4O4S/c1-26-10-7-24(8-11-26)22(29)28(23(30)25-24)15-27-9-6-16-13-18(31-2)19(32-3)14-17(16)21(27)20-5-4-12-33-20/h4-5,12-14,21H,6-11,15H2,1-3H3,(H,25,30)/t21-/m1/s1. The number of ether oxygens (including phenoxy) is 2. The number of piperidine rings is 1. The van der Waals surface area contributed by atoms with Crippen LogP contribution in [-0.4, -0.2) is 79.7 Å². The minimum absolute atomic E-state index is 0.0665. The van der Waals surface area contributed by atoms with Crippen molar-refractivity contribution in [3.8, 4) is 11.5 Å². The molecule has 176 valence electrons. The molecule has 5 rings (SSSR count). The van der Waals surface area contributed by atoms with Gasteiger partial charge in [-0.05, 0) is 61.0 Å². The normalized spacial score (nSPS) is 23.0. The van der Waals surface area contributed by atoms with Crippen LogP contribution in [0.4, 0.5) is 4.79 Å². The number of fused-ring (bicyclic) bond motifs is 1. The van der Waals surface area contributed by atoms with E-state index in [-0.39, 0.29) is 24.6 Å². The van der Waals surface area contributed by atoms with Crippen molar-refractivity contribution < 1.29 is 19.1 Å². The van der Waals surface area contributed by atoms with E-state index in [0.29, 0.717) is 24.3 Å². The third kappa shape index (κ3) is 3.78. The van der Waals surface area contributed by atoms with Gasteiger partial charge in [-0.25, -0.2) is 9.69 Å².